The fourth-order valence-electron chi connectivity index (χ4n) is 3.44. The van der Waals surface area contributed by atoms with Gasteiger partial charge in [0.15, 0.2) is 0 Å². The zero-order chi connectivity index (χ0) is 18.4. The van der Waals surface area contributed by atoms with Gasteiger partial charge in [-0.2, -0.15) is 0 Å². The van der Waals surface area contributed by atoms with E-state index in [9.17, 15) is 9.59 Å². The summed E-state index contributed by atoms with van der Waals surface area (Å²) in [6.07, 6.45) is 0. The normalized spacial score (nSPS) is 14.7. The number of rotatable bonds is 0. The van der Waals surface area contributed by atoms with Gasteiger partial charge in [-0.1, -0.05) is 48.2 Å². The van der Waals surface area contributed by atoms with Gasteiger partial charge in [-0.15, -0.1) is 0 Å². The van der Waals surface area contributed by atoms with E-state index in [2.05, 4.69) is 5.32 Å². The molecular weight excluding hydrogens is 358 g/mol. The average molecular weight is 373 g/mol. The van der Waals surface area contributed by atoms with E-state index in [1.807, 2.05) is 66.7 Å². The zero-order valence-corrected chi connectivity index (χ0v) is 15.1. The molecule has 132 valence electrons. The van der Waals surface area contributed by atoms with Gasteiger partial charge in [-0.3, -0.25) is 14.6 Å². The van der Waals surface area contributed by atoms with Crippen molar-refractivity contribution in [1.29, 1.82) is 0 Å². The number of hydrogen-bond acceptors (Lipinski definition) is 3. The minimum atomic E-state index is -0.238. The van der Waals surface area contributed by atoms with E-state index in [0.717, 1.165) is 21.2 Å². The van der Waals surface area contributed by atoms with E-state index in [1.165, 1.54) is 4.90 Å². The van der Waals surface area contributed by atoms with Crippen molar-refractivity contribution in [2.24, 2.45) is 0 Å². The number of urea groups is 1. The molecule has 5 nitrogen and oxygen atoms in total. The molecular formula is C21H15N3O2S. The lowest BCUT2D eigenvalue weighted by atomic mass is 10.2. The lowest BCUT2D eigenvalue weighted by molar-refractivity contribution is -0.115. The second kappa shape index (κ2) is 6.17. The molecule has 0 aliphatic carbocycles. The van der Waals surface area contributed by atoms with E-state index in [0.29, 0.717) is 11.4 Å². The molecule has 0 radical (unpaired) electrons. The molecule has 3 aromatic carbocycles. The average Bonchev–Trinajstić information content (AvgIpc) is 2.70. The van der Waals surface area contributed by atoms with E-state index in [1.54, 1.807) is 22.7 Å². The first kappa shape index (κ1) is 16.0. The fourth-order valence-corrected chi connectivity index (χ4v) is 4.49. The Hall–Kier alpha value is -3.25. The van der Waals surface area contributed by atoms with Crippen molar-refractivity contribution in [3.63, 3.8) is 0 Å². The monoisotopic (exact) mass is 373 g/mol. The lowest BCUT2D eigenvalue weighted by Crippen LogP contribution is -2.48. The third-order valence-corrected chi connectivity index (χ3v) is 5.76. The first-order chi connectivity index (χ1) is 13.2. The molecule has 2 heterocycles. The third-order valence-electron chi connectivity index (χ3n) is 4.63. The second-order valence-electron chi connectivity index (χ2n) is 6.31. The van der Waals surface area contributed by atoms with Crippen LogP contribution in [0.5, 0.6) is 0 Å². The summed E-state index contributed by atoms with van der Waals surface area (Å²) in [7, 11) is 0. The maximum atomic E-state index is 13.6. The first-order valence-corrected chi connectivity index (χ1v) is 9.40. The summed E-state index contributed by atoms with van der Waals surface area (Å²) in [4.78, 5) is 31.1. The van der Waals surface area contributed by atoms with Crippen LogP contribution in [0.2, 0.25) is 0 Å². The highest BCUT2D eigenvalue weighted by atomic mass is 32.2. The number of amides is 3. The summed E-state index contributed by atoms with van der Waals surface area (Å²) in [5, 5.41) is 2.83. The summed E-state index contributed by atoms with van der Waals surface area (Å²) in [6.45, 7) is -0.0101. The number of nitrogens with one attached hydrogen (secondary N) is 1. The molecule has 2 aliphatic rings. The minimum absolute atomic E-state index is 0.0101. The maximum Gasteiger partial charge on any atom is 0.334 e. The number of fused-ring (bicyclic) bond motifs is 3. The minimum Gasteiger partial charge on any atom is -0.323 e. The Kier molecular flexibility index (Phi) is 3.65. The number of para-hydroxylation sites is 4. The Balaban J connectivity index is 1.65. The molecule has 6 heteroatoms. The van der Waals surface area contributed by atoms with Crippen LogP contribution in [0.25, 0.3) is 0 Å². The number of anilines is 4. The molecule has 0 spiro atoms. The van der Waals surface area contributed by atoms with Gasteiger partial charge in [0.25, 0.3) is 0 Å². The van der Waals surface area contributed by atoms with Crippen LogP contribution < -0.4 is 15.1 Å². The molecule has 5 rings (SSSR count). The van der Waals surface area contributed by atoms with Gasteiger partial charge < -0.3 is 5.32 Å². The Labute approximate surface area is 160 Å². The van der Waals surface area contributed by atoms with Gasteiger partial charge in [-0.05, 0) is 36.4 Å². The fraction of sp³-hybridized carbons (Fsp3) is 0.0476. The molecule has 1 N–H and O–H groups in total. The van der Waals surface area contributed by atoms with Crippen molar-refractivity contribution in [2.75, 3.05) is 21.7 Å². The largest absolute Gasteiger partial charge is 0.334 e. The van der Waals surface area contributed by atoms with Gasteiger partial charge >= 0.3 is 6.03 Å². The number of nitrogens with zero attached hydrogens (tertiary/aromatic N) is 2. The van der Waals surface area contributed by atoms with Crippen molar-refractivity contribution in [3.8, 4) is 0 Å². The SMILES string of the molecule is O=C1CN(C(=O)N2c3ccccc3Sc3ccccc32)c2ccccc2N1. The number of carbonyl (C=O) groups excluding carboxylic acids is 2. The van der Waals surface area contributed by atoms with Crippen LogP contribution in [0, 0.1) is 0 Å². The van der Waals surface area contributed by atoms with Crippen LogP contribution in [0.15, 0.2) is 82.6 Å². The predicted octanol–water partition coefficient (Wildman–Crippen LogP) is 4.87. The van der Waals surface area contributed by atoms with Crippen LogP contribution in [-0.2, 0) is 4.79 Å². The topological polar surface area (TPSA) is 52.7 Å². The van der Waals surface area contributed by atoms with E-state index in [-0.39, 0.29) is 18.5 Å². The van der Waals surface area contributed by atoms with Crippen molar-refractivity contribution >= 4 is 46.4 Å². The molecule has 0 aromatic heterocycles. The standard InChI is InChI=1S/C21H15N3O2S/c25-20-13-23(15-8-2-1-7-14(15)22-20)21(26)24-16-9-3-5-11-18(16)27-19-12-6-4-10-17(19)24/h1-12H,13H2,(H,22,25). The Bertz CT molecular complexity index is 1040. The molecule has 3 amide bonds. The summed E-state index contributed by atoms with van der Waals surface area (Å²) in [5.74, 6) is -0.199. The van der Waals surface area contributed by atoms with Crippen LogP contribution in [0.1, 0.15) is 0 Å². The quantitative estimate of drug-likeness (QED) is 0.612. The number of benzene rings is 3. The third kappa shape index (κ3) is 2.57. The molecule has 0 atom stereocenters. The van der Waals surface area contributed by atoms with E-state index in [4.69, 9.17) is 0 Å². The van der Waals surface area contributed by atoms with Gasteiger partial charge in [0.05, 0.1) is 22.7 Å². The van der Waals surface area contributed by atoms with Crippen LogP contribution in [0.3, 0.4) is 0 Å². The van der Waals surface area contributed by atoms with Crippen molar-refractivity contribution in [2.45, 2.75) is 9.79 Å². The first-order valence-electron chi connectivity index (χ1n) is 8.59. The van der Waals surface area contributed by atoms with E-state index < -0.39 is 0 Å². The van der Waals surface area contributed by atoms with E-state index >= 15 is 0 Å². The Morgan fingerprint density at radius 2 is 1.37 bits per heavy atom. The summed E-state index contributed by atoms with van der Waals surface area (Å²) in [5.41, 5.74) is 3.01. The molecule has 27 heavy (non-hydrogen) atoms. The van der Waals surface area contributed by atoms with Gasteiger partial charge in [0.2, 0.25) is 5.91 Å². The van der Waals surface area contributed by atoms with Crippen molar-refractivity contribution < 1.29 is 9.59 Å². The number of hydrogen-bond donors (Lipinski definition) is 1. The van der Waals surface area contributed by atoms with Crippen LogP contribution in [-0.4, -0.2) is 18.5 Å². The second-order valence-corrected chi connectivity index (χ2v) is 7.39. The zero-order valence-electron chi connectivity index (χ0n) is 14.3. The van der Waals surface area contributed by atoms with Crippen molar-refractivity contribution in [3.05, 3.63) is 72.8 Å². The van der Waals surface area contributed by atoms with Crippen LogP contribution in [0.4, 0.5) is 27.5 Å². The molecule has 0 bridgehead atoms. The predicted molar refractivity (Wildman–Crippen MR) is 107 cm³/mol. The smallest absolute Gasteiger partial charge is 0.323 e. The maximum absolute atomic E-state index is 13.6. The summed E-state index contributed by atoms with van der Waals surface area (Å²) in [6, 6.07) is 22.8. The molecule has 0 unspecified atom stereocenters. The Morgan fingerprint density at radius 3 is 2.04 bits per heavy atom. The van der Waals surface area contributed by atoms with Gasteiger partial charge in [0, 0.05) is 9.79 Å². The van der Waals surface area contributed by atoms with Gasteiger partial charge in [0.1, 0.15) is 6.54 Å². The molecule has 0 saturated carbocycles. The van der Waals surface area contributed by atoms with Crippen molar-refractivity contribution in [1.82, 2.24) is 0 Å². The highest BCUT2D eigenvalue weighted by molar-refractivity contribution is 7.99. The molecule has 2 aliphatic heterocycles. The summed E-state index contributed by atoms with van der Waals surface area (Å²) < 4.78 is 0. The highest BCUT2D eigenvalue weighted by Gasteiger charge is 2.35. The molecule has 0 saturated heterocycles. The number of carbonyl (C=O) groups is 2. The summed E-state index contributed by atoms with van der Waals surface area (Å²) >= 11 is 1.64. The molecule has 0 fully saturated rings. The highest BCUT2D eigenvalue weighted by Crippen LogP contribution is 2.48. The lowest BCUT2D eigenvalue weighted by Gasteiger charge is -2.37. The van der Waals surface area contributed by atoms with Crippen LogP contribution >= 0.6 is 11.8 Å². The van der Waals surface area contributed by atoms with Gasteiger partial charge in [-0.25, -0.2) is 4.79 Å². The molecule has 3 aromatic rings. The Morgan fingerprint density at radius 1 is 0.815 bits per heavy atom.